The van der Waals surface area contributed by atoms with Crippen LogP contribution in [0.15, 0.2) is 92.0 Å². The molecule has 148 valence electrons. The molecule has 1 unspecified atom stereocenters. The van der Waals surface area contributed by atoms with E-state index in [0.717, 1.165) is 17.7 Å². The Morgan fingerprint density at radius 3 is 2.29 bits per heavy atom. The van der Waals surface area contributed by atoms with Crippen molar-refractivity contribution < 1.29 is 14.0 Å². The third-order valence-electron chi connectivity index (χ3n) is 3.63. The topological polar surface area (TPSA) is 41.1 Å². The fourth-order valence-corrected chi connectivity index (χ4v) is 5.07. The summed E-state index contributed by atoms with van der Waals surface area (Å²) in [6.07, 6.45) is 7.91. The van der Waals surface area contributed by atoms with Crippen LogP contribution in [0.4, 0.5) is 0 Å². The van der Waals surface area contributed by atoms with E-state index in [1.165, 1.54) is 11.4 Å². The number of aryl methyl sites for hydroxylation is 1. The summed E-state index contributed by atoms with van der Waals surface area (Å²) in [5.74, 6) is 0.608. The minimum absolute atomic E-state index is 0.295. The second kappa shape index (κ2) is 12.0. The molecule has 7 heteroatoms. The first kappa shape index (κ1) is 22.6. The summed E-state index contributed by atoms with van der Waals surface area (Å²) in [5, 5.41) is 0. The molecule has 4 nitrogen and oxygen atoms in total. The molecule has 1 atom stereocenters. The molecule has 0 spiro atoms. The van der Waals surface area contributed by atoms with Crippen LogP contribution in [0.5, 0.6) is 0 Å². The smallest absolute Gasteiger partial charge is 0.243 e. The van der Waals surface area contributed by atoms with E-state index >= 15 is 0 Å². The standard InChI is InChI=1S/C14H15O2PS2.C7H11N2/c15-17(18,16-11-13-7-3-1-4-8-13)19-12-14-9-5-2-6-10-14;1-3-4-9-6-5-8(2)7-9/h1-10H,11-12H2,(H,15,18);3,5-7H,1,4H2,2H3/q;+1/p-1. The van der Waals surface area contributed by atoms with Gasteiger partial charge in [0.05, 0.1) is 13.7 Å². The Bertz CT molecular complexity index is 838. The Kier molecular flexibility index (Phi) is 9.68. The summed E-state index contributed by atoms with van der Waals surface area (Å²) in [7, 11) is 2.00. The van der Waals surface area contributed by atoms with Gasteiger partial charge in [-0.2, -0.15) is 0 Å². The van der Waals surface area contributed by atoms with Crippen molar-refractivity contribution in [3.63, 3.8) is 0 Å². The predicted molar refractivity (Wildman–Crippen MR) is 119 cm³/mol. The van der Waals surface area contributed by atoms with Crippen LogP contribution >= 0.6 is 17.1 Å². The van der Waals surface area contributed by atoms with Crippen molar-refractivity contribution in [1.82, 2.24) is 4.57 Å². The molecule has 0 aliphatic rings. The van der Waals surface area contributed by atoms with Gasteiger partial charge in [-0.3, -0.25) is 0 Å². The van der Waals surface area contributed by atoms with Crippen molar-refractivity contribution in [3.05, 3.63) is 103 Å². The van der Waals surface area contributed by atoms with Gasteiger partial charge in [0.25, 0.3) is 0 Å². The fraction of sp³-hybridized carbons (Fsp3) is 0.190. The van der Waals surface area contributed by atoms with Crippen molar-refractivity contribution in [1.29, 1.82) is 0 Å². The Morgan fingerprint density at radius 1 is 1.14 bits per heavy atom. The molecule has 0 aliphatic carbocycles. The monoisotopic (exact) mass is 432 g/mol. The summed E-state index contributed by atoms with van der Waals surface area (Å²) >= 11 is 6.24. The normalized spacial score (nSPS) is 12.5. The van der Waals surface area contributed by atoms with Crippen LogP contribution in [0.3, 0.4) is 0 Å². The van der Waals surface area contributed by atoms with Crippen LogP contribution in [0.25, 0.3) is 0 Å². The molecule has 1 heterocycles. The van der Waals surface area contributed by atoms with Crippen LogP contribution < -0.4 is 9.46 Å². The van der Waals surface area contributed by atoms with Gasteiger partial charge in [0.1, 0.15) is 18.9 Å². The molecular weight excluding hydrogens is 407 g/mol. The van der Waals surface area contributed by atoms with E-state index in [0.29, 0.717) is 12.4 Å². The molecule has 0 bridgehead atoms. The highest BCUT2D eigenvalue weighted by Gasteiger charge is 2.05. The molecule has 0 saturated heterocycles. The van der Waals surface area contributed by atoms with E-state index in [2.05, 4.69) is 11.1 Å². The van der Waals surface area contributed by atoms with Crippen molar-refractivity contribution in [2.75, 3.05) is 0 Å². The zero-order valence-corrected chi connectivity index (χ0v) is 18.4. The van der Waals surface area contributed by atoms with Crippen LogP contribution in [-0.2, 0) is 42.3 Å². The second-order valence-corrected chi connectivity index (χ2v) is 12.1. The maximum Gasteiger partial charge on any atom is 0.243 e. The van der Waals surface area contributed by atoms with Gasteiger partial charge in [-0.05, 0) is 11.1 Å². The molecule has 0 aliphatic heterocycles. The molecule has 0 fully saturated rings. The summed E-state index contributed by atoms with van der Waals surface area (Å²) in [6, 6.07) is 19.5. The third-order valence-corrected chi connectivity index (χ3v) is 7.77. The van der Waals surface area contributed by atoms with Crippen molar-refractivity contribution in [3.8, 4) is 0 Å². The predicted octanol–water partition coefficient (Wildman–Crippen LogP) is 4.22. The van der Waals surface area contributed by atoms with Gasteiger partial charge in [-0.15, -0.1) is 11.4 Å². The van der Waals surface area contributed by atoms with Crippen molar-refractivity contribution >= 4 is 28.9 Å². The molecule has 0 amide bonds. The molecule has 0 saturated carbocycles. The van der Waals surface area contributed by atoms with E-state index in [9.17, 15) is 4.89 Å². The lowest BCUT2D eigenvalue weighted by molar-refractivity contribution is -0.671. The second-order valence-electron chi connectivity index (χ2n) is 6.03. The Hall–Kier alpha value is -1.69. The van der Waals surface area contributed by atoms with Crippen LogP contribution in [0.1, 0.15) is 11.1 Å². The average molecular weight is 433 g/mol. The zero-order chi connectivity index (χ0) is 20.2. The molecule has 2 aromatic carbocycles. The lowest BCUT2D eigenvalue weighted by atomic mass is 10.2. The first-order valence-corrected chi connectivity index (χ1v) is 13.0. The summed E-state index contributed by atoms with van der Waals surface area (Å²) in [6.45, 7) is 4.82. The van der Waals surface area contributed by atoms with Crippen LogP contribution in [-0.4, -0.2) is 4.57 Å². The minimum atomic E-state index is -3.02. The molecule has 1 aromatic heterocycles. The number of hydrogen-bond donors (Lipinski definition) is 0. The summed E-state index contributed by atoms with van der Waals surface area (Å²) in [4.78, 5) is 12.1. The lowest BCUT2D eigenvalue weighted by Crippen LogP contribution is -2.23. The number of benzene rings is 2. The summed E-state index contributed by atoms with van der Waals surface area (Å²) < 4.78 is 9.44. The van der Waals surface area contributed by atoms with E-state index < -0.39 is 5.69 Å². The first-order valence-electron chi connectivity index (χ1n) is 8.78. The first-order chi connectivity index (χ1) is 13.5. The molecule has 0 radical (unpaired) electrons. The number of hydrogen-bond acceptors (Lipinski definition) is 4. The van der Waals surface area contributed by atoms with Gasteiger partial charge >= 0.3 is 0 Å². The van der Waals surface area contributed by atoms with Gasteiger partial charge in [-0.1, -0.05) is 85.1 Å². The van der Waals surface area contributed by atoms with Gasteiger partial charge < -0.3 is 9.42 Å². The average Bonchev–Trinajstić information content (AvgIpc) is 3.12. The largest absolute Gasteiger partial charge is 0.793 e. The highest BCUT2D eigenvalue weighted by atomic mass is 32.9. The molecule has 28 heavy (non-hydrogen) atoms. The van der Waals surface area contributed by atoms with Gasteiger partial charge in [-0.25, -0.2) is 9.13 Å². The number of rotatable bonds is 8. The Morgan fingerprint density at radius 2 is 1.75 bits per heavy atom. The van der Waals surface area contributed by atoms with E-state index in [1.807, 2.05) is 97.1 Å². The van der Waals surface area contributed by atoms with Crippen LogP contribution in [0.2, 0.25) is 0 Å². The molecule has 3 aromatic rings. The third kappa shape index (κ3) is 9.00. The minimum Gasteiger partial charge on any atom is -0.793 e. The fourth-order valence-electron chi connectivity index (χ4n) is 2.25. The quantitative estimate of drug-likeness (QED) is 0.304. The number of aromatic nitrogens is 2. The highest BCUT2D eigenvalue weighted by molar-refractivity contribution is 8.66. The van der Waals surface area contributed by atoms with E-state index in [-0.39, 0.29) is 0 Å². The van der Waals surface area contributed by atoms with Crippen molar-refractivity contribution in [2.45, 2.75) is 18.9 Å². The maximum absolute atomic E-state index is 12.1. The van der Waals surface area contributed by atoms with Gasteiger partial charge in [0.15, 0.2) is 0 Å². The molecular formula is C21H25N2O2PS2. The summed E-state index contributed by atoms with van der Waals surface area (Å²) in [5.41, 5.74) is -0.946. The van der Waals surface area contributed by atoms with Gasteiger partial charge in [0.2, 0.25) is 6.33 Å². The SMILES string of the molecule is C=CCn1cc[n+](C)c1.[O-]P(=S)(OCc1ccccc1)SCc1ccccc1. The maximum atomic E-state index is 12.1. The number of nitrogens with zero attached hydrogens (tertiary/aromatic N) is 2. The van der Waals surface area contributed by atoms with Crippen LogP contribution in [0, 0.1) is 0 Å². The Labute approximate surface area is 176 Å². The van der Waals surface area contributed by atoms with Gasteiger partial charge in [0, 0.05) is 11.4 Å². The lowest BCUT2D eigenvalue weighted by Gasteiger charge is -2.26. The number of imidazole rings is 1. The highest BCUT2D eigenvalue weighted by Crippen LogP contribution is 2.53. The Balaban J connectivity index is 0.000000261. The molecule has 0 N–H and O–H groups in total. The van der Waals surface area contributed by atoms with E-state index in [4.69, 9.17) is 16.3 Å². The zero-order valence-electron chi connectivity index (χ0n) is 15.9. The number of allylic oxidation sites excluding steroid dienone is 1. The van der Waals surface area contributed by atoms with Crippen molar-refractivity contribution in [2.24, 2.45) is 7.05 Å². The van der Waals surface area contributed by atoms with E-state index in [1.54, 1.807) is 0 Å². The molecule has 3 rings (SSSR count).